The molecule has 7 heteroatoms. The molecule has 1 atom stereocenters. The average molecular weight is 369 g/mol. The Labute approximate surface area is 154 Å². The standard InChI is InChI=1S/C20H19NO6/c1-2-26-18(24)10-15(20-19(25)17(23)9-14(11-22)27-20)12-5-6-16-13(8-12)4-3-7-21-16/h3-9,15,22,25H,2,10-11H2,1H3/t15-/m1/s1. The number of aromatic nitrogens is 1. The SMILES string of the molecule is CCOC(=O)C[C@H](c1ccc2ncccc2c1)c1oc(CO)cc(=O)c1O. The summed E-state index contributed by atoms with van der Waals surface area (Å²) in [5.41, 5.74) is 0.736. The van der Waals surface area contributed by atoms with Gasteiger partial charge in [0.05, 0.1) is 24.5 Å². The summed E-state index contributed by atoms with van der Waals surface area (Å²) >= 11 is 0. The first kappa shape index (κ1) is 18.6. The Bertz CT molecular complexity index is 1030. The topological polar surface area (TPSA) is 110 Å². The summed E-state index contributed by atoms with van der Waals surface area (Å²) in [6.45, 7) is 1.40. The first-order valence-electron chi connectivity index (χ1n) is 8.50. The minimum atomic E-state index is -0.757. The molecule has 3 aromatic rings. The van der Waals surface area contributed by atoms with Crippen molar-refractivity contribution >= 4 is 16.9 Å². The highest BCUT2D eigenvalue weighted by Crippen LogP contribution is 2.34. The van der Waals surface area contributed by atoms with Gasteiger partial charge in [-0.2, -0.15) is 0 Å². The molecule has 3 rings (SSSR count). The molecule has 27 heavy (non-hydrogen) atoms. The Hall–Kier alpha value is -3.19. The third-order valence-corrected chi connectivity index (χ3v) is 4.18. The number of ether oxygens (including phenoxy) is 1. The third-order valence-electron chi connectivity index (χ3n) is 4.18. The van der Waals surface area contributed by atoms with Crippen molar-refractivity contribution < 1.29 is 24.2 Å². The van der Waals surface area contributed by atoms with Crippen molar-refractivity contribution in [3.63, 3.8) is 0 Å². The number of rotatable bonds is 6. The molecular formula is C20H19NO6. The second kappa shape index (κ2) is 8.01. The highest BCUT2D eigenvalue weighted by atomic mass is 16.5. The first-order valence-corrected chi connectivity index (χ1v) is 8.50. The fourth-order valence-corrected chi connectivity index (χ4v) is 2.93. The van der Waals surface area contributed by atoms with Crippen LogP contribution in [-0.4, -0.2) is 27.8 Å². The van der Waals surface area contributed by atoms with Gasteiger partial charge in [-0.1, -0.05) is 12.1 Å². The second-order valence-corrected chi connectivity index (χ2v) is 5.97. The van der Waals surface area contributed by atoms with Crippen molar-refractivity contribution in [3.05, 3.63) is 69.9 Å². The highest BCUT2D eigenvalue weighted by Gasteiger charge is 2.27. The molecule has 0 saturated carbocycles. The quantitative estimate of drug-likeness (QED) is 0.642. The second-order valence-electron chi connectivity index (χ2n) is 5.97. The zero-order chi connectivity index (χ0) is 19.4. The molecule has 0 fully saturated rings. The van der Waals surface area contributed by atoms with Crippen LogP contribution in [-0.2, 0) is 16.1 Å². The summed E-state index contributed by atoms with van der Waals surface area (Å²) in [4.78, 5) is 28.4. The van der Waals surface area contributed by atoms with Crippen molar-refractivity contribution in [3.8, 4) is 5.75 Å². The summed E-state index contributed by atoms with van der Waals surface area (Å²) in [6, 6.07) is 10.0. The molecule has 0 aliphatic rings. The predicted octanol–water partition coefficient (Wildman–Crippen LogP) is 2.47. The molecule has 0 aliphatic carbocycles. The number of aliphatic hydroxyl groups excluding tert-OH is 1. The van der Waals surface area contributed by atoms with Gasteiger partial charge in [0.15, 0.2) is 5.76 Å². The third kappa shape index (κ3) is 3.98. The number of hydrogen-bond donors (Lipinski definition) is 2. The van der Waals surface area contributed by atoms with Gasteiger partial charge in [0.1, 0.15) is 12.4 Å². The molecule has 0 spiro atoms. The van der Waals surface area contributed by atoms with E-state index in [2.05, 4.69) is 4.98 Å². The van der Waals surface area contributed by atoms with Crippen LogP contribution >= 0.6 is 0 Å². The molecule has 140 valence electrons. The average Bonchev–Trinajstić information content (AvgIpc) is 2.68. The van der Waals surface area contributed by atoms with Gasteiger partial charge in [-0.15, -0.1) is 0 Å². The highest BCUT2D eigenvalue weighted by molar-refractivity contribution is 5.80. The lowest BCUT2D eigenvalue weighted by Crippen LogP contribution is -2.15. The zero-order valence-corrected chi connectivity index (χ0v) is 14.7. The number of fused-ring (bicyclic) bond motifs is 1. The van der Waals surface area contributed by atoms with Gasteiger partial charge in [-0.25, -0.2) is 0 Å². The summed E-state index contributed by atoms with van der Waals surface area (Å²) in [5, 5.41) is 20.4. The van der Waals surface area contributed by atoms with Crippen LogP contribution in [0.2, 0.25) is 0 Å². The molecule has 2 heterocycles. The largest absolute Gasteiger partial charge is 0.502 e. The summed E-state index contributed by atoms with van der Waals surface area (Å²) < 4.78 is 10.5. The van der Waals surface area contributed by atoms with E-state index in [-0.39, 0.29) is 24.5 Å². The van der Waals surface area contributed by atoms with Crippen LogP contribution in [0.3, 0.4) is 0 Å². The molecule has 0 aliphatic heterocycles. The lowest BCUT2D eigenvalue weighted by Gasteiger charge is -2.18. The maximum absolute atomic E-state index is 12.1. The molecule has 0 radical (unpaired) electrons. The van der Waals surface area contributed by atoms with Crippen molar-refractivity contribution in [2.45, 2.75) is 25.9 Å². The van der Waals surface area contributed by atoms with Gasteiger partial charge >= 0.3 is 5.97 Å². The van der Waals surface area contributed by atoms with Crippen LogP contribution in [0.5, 0.6) is 5.75 Å². The maximum atomic E-state index is 12.1. The van der Waals surface area contributed by atoms with Crippen LogP contribution in [0.15, 0.2) is 51.8 Å². The Morgan fingerprint density at radius 2 is 2.11 bits per heavy atom. The van der Waals surface area contributed by atoms with E-state index in [1.54, 1.807) is 31.3 Å². The number of aromatic hydroxyl groups is 1. The Morgan fingerprint density at radius 1 is 1.30 bits per heavy atom. The number of nitrogens with zero attached hydrogens (tertiary/aromatic N) is 1. The van der Waals surface area contributed by atoms with Crippen LogP contribution in [0, 0.1) is 0 Å². The van der Waals surface area contributed by atoms with Crippen molar-refractivity contribution in [2.75, 3.05) is 6.61 Å². The minimum absolute atomic E-state index is 0.00381. The predicted molar refractivity (Wildman–Crippen MR) is 97.4 cm³/mol. The maximum Gasteiger partial charge on any atom is 0.306 e. The van der Waals surface area contributed by atoms with E-state index in [0.29, 0.717) is 5.56 Å². The number of benzene rings is 1. The number of hydrogen-bond acceptors (Lipinski definition) is 7. The Balaban J connectivity index is 2.14. The fourth-order valence-electron chi connectivity index (χ4n) is 2.93. The molecule has 0 unspecified atom stereocenters. The van der Waals surface area contributed by atoms with E-state index < -0.39 is 29.7 Å². The molecule has 2 N–H and O–H groups in total. The molecule has 1 aromatic carbocycles. The first-order chi connectivity index (χ1) is 13.0. The van der Waals surface area contributed by atoms with Gasteiger partial charge in [-0.3, -0.25) is 14.6 Å². The van der Waals surface area contributed by atoms with E-state index in [1.165, 1.54) is 0 Å². The number of pyridine rings is 1. The van der Waals surface area contributed by atoms with Crippen LogP contribution in [0.25, 0.3) is 10.9 Å². The van der Waals surface area contributed by atoms with Gasteiger partial charge in [0, 0.05) is 17.6 Å². The lowest BCUT2D eigenvalue weighted by molar-refractivity contribution is -0.143. The number of carbonyl (C=O) groups is 1. The van der Waals surface area contributed by atoms with E-state index in [9.17, 15) is 19.8 Å². The molecule has 7 nitrogen and oxygen atoms in total. The number of aliphatic hydroxyl groups is 1. The number of esters is 1. The van der Waals surface area contributed by atoms with Crippen molar-refractivity contribution in [1.82, 2.24) is 4.98 Å². The molecule has 0 amide bonds. The van der Waals surface area contributed by atoms with Crippen LogP contribution in [0.1, 0.15) is 36.3 Å². The monoisotopic (exact) mass is 369 g/mol. The van der Waals surface area contributed by atoms with Gasteiger partial charge in [0.2, 0.25) is 11.2 Å². The van der Waals surface area contributed by atoms with E-state index in [4.69, 9.17) is 9.15 Å². The van der Waals surface area contributed by atoms with E-state index >= 15 is 0 Å². The summed E-state index contributed by atoms with van der Waals surface area (Å²) in [6.07, 6.45) is 1.54. The molecular weight excluding hydrogens is 350 g/mol. The van der Waals surface area contributed by atoms with Crippen LogP contribution < -0.4 is 5.43 Å². The van der Waals surface area contributed by atoms with Crippen LogP contribution in [0.4, 0.5) is 0 Å². The lowest BCUT2D eigenvalue weighted by atomic mass is 9.91. The fraction of sp³-hybridized carbons (Fsp3) is 0.250. The summed E-state index contributed by atoms with van der Waals surface area (Å²) in [7, 11) is 0. The minimum Gasteiger partial charge on any atom is -0.502 e. The zero-order valence-electron chi connectivity index (χ0n) is 14.7. The Morgan fingerprint density at radius 3 is 2.85 bits per heavy atom. The van der Waals surface area contributed by atoms with E-state index in [1.807, 2.05) is 12.1 Å². The molecule has 0 bridgehead atoms. The van der Waals surface area contributed by atoms with Gasteiger partial charge < -0.3 is 19.4 Å². The van der Waals surface area contributed by atoms with Crippen molar-refractivity contribution in [1.29, 1.82) is 0 Å². The van der Waals surface area contributed by atoms with E-state index in [0.717, 1.165) is 17.0 Å². The van der Waals surface area contributed by atoms with Crippen molar-refractivity contribution in [2.24, 2.45) is 0 Å². The molecule has 0 saturated heterocycles. The van der Waals surface area contributed by atoms with Gasteiger partial charge in [-0.05, 0) is 30.7 Å². The molecule has 2 aromatic heterocycles. The summed E-state index contributed by atoms with van der Waals surface area (Å²) in [5.74, 6) is -1.92. The van der Waals surface area contributed by atoms with Gasteiger partial charge in [0.25, 0.3) is 0 Å². The smallest absolute Gasteiger partial charge is 0.306 e. The Kier molecular flexibility index (Phi) is 5.52. The normalized spacial score (nSPS) is 12.1. The number of carbonyl (C=O) groups excluding carboxylic acids is 1.